The van der Waals surface area contributed by atoms with Crippen LogP contribution in [0.2, 0.25) is 0 Å². The summed E-state index contributed by atoms with van der Waals surface area (Å²) in [6, 6.07) is 3.94. The van der Waals surface area contributed by atoms with Crippen molar-refractivity contribution in [2.45, 2.75) is 0 Å². The predicted octanol–water partition coefficient (Wildman–Crippen LogP) is 1.33. The molecule has 5 nitrogen and oxygen atoms in total. The van der Waals surface area contributed by atoms with Gasteiger partial charge in [-0.15, -0.1) is 0 Å². The first-order valence-corrected chi connectivity index (χ1v) is 7.02. The lowest BCUT2D eigenvalue weighted by Gasteiger charge is -2.27. The summed E-state index contributed by atoms with van der Waals surface area (Å²) in [4.78, 5) is 18.9. The lowest BCUT2D eigenvalue weighted by Crippen LogP contribution is -2.38. The fraction of sp³-hybridized carbons (Fsp3) is 0.385. The molecule has 0 aliphatic carbocycles. The number of morpholine rings is 1. The summed E-state index contributed by atoms with van der Waals surface area (Å²) >= 11 is 1.45. The Bertz CT molecular complexity index is 556. The van der Waals surface area contributed by atoms with Crippen LogP contribution in [-0.4, -0.2) is 46.8 Å². The molecule has 3 rings (SSSR count). The Labute approximate surface area is 115 Å². The van der Waals surface area contributed by atoms with Crippen LogP contribution in [0.3, 0.4) is 0 Å². The maximum Gasteiger partial charge on any atom is 0.286 e. The second-order valence-corrected chi connectivity index (χ2v) is 5.46. The molecule has 1 amide bonds. The molecule has 0 radical (unpaired) electrons. The fourth-order valence-corrected chi connectivity index (χ4v) is 3.00. The van der Waals surface area contributed by atoms with Crippen LogP contribution < -0.4 is 0 Å². The van der Waals surface area contributed by atoms with Crippen LogP contribution in [0.5, 0.6) is 0 Å². The van der Waals surface area contributed by atoms with Crippen molar-refractivity contribution in [3.05, 3.63) is 28.9 Å². The highest BCUT2D eigenvalue weighted by molar-refractivity contribution is 8.18. The number of aryl methyl sites for hydroxylation is 1. The highest BCUT2D eigenvalue weighted by Gasteiger charge is 2.27. The van der Waals surface area contributed by atoms with Gasteiger partial charge in [-0.1, -0.05) is 0 Å². The molecule has 2 aliphatic heterocycles. The van der Waals surface area contributed by atoms with E-state index in [1.807, 2.05) is 36.0 Å². The van der Waals surface area contributed by atoms with E-state index in [-0.39, 0.29) is 5.91 Å². The predicted molar refractivity (Wildman–Crippen MR) is 75.8 cm³/mol. The molecular formula is C13H15N3O2S. The standard InChI is InChI=1S/C13H15N3O2S/c1-15-4-2-3-10(15)9-11-12(17)14-13(19-11)16-5-7-18-8-6-16/h2-4,9H,5-8H2,1H3/b11-9+. The maximum atomic E-state index is 11.9. The van der Waals surface area contributed by atoms with Crippen molar-refractivity contribution in [2.75, 3.05) is 26.3 Å². The molecule has 19 heavy (non-hydrogen) atoms. The highest BCUT2D eigenvalue weighted by atomic mass is 32.2. The minimum absolute atomic E-state index is 0.146. The van der Waals surface area contributed by atoms with Gasteiger partial charge in [0.2, 0.25) is 0 Å². The lowest BCUT2D eigenvalue weighted by molar-refractivity contribution is -0.113. The van der Waals surface area contributed by atoms with Gasteiger partial charge in [-0.25, -0.2) is 0 Å². The lowest BCUT2D eigenvalue weighted by atomic mass is 10.3. The monoisotopic (exact) mass is 277 g/mol. The number of aromatic nitrogens is 1. The largest absolute Gasteiger partial charge is 0.378 e. The van der Waals surface area contributed by atoms with E-state index in [1.54, 1.807) is 0 Å². The average molecular weight is 277 g/mol. The molecule has 100 valence electrons. The van der Waals surface area contributed by atoms with Crippen LogP contribution >= 0.6 is 11.8 Å². The SMILES string of the molecule is Cn1cccc1/C=C1/SC(N2CCOCC2)=NC1=O. The number of hydrogen-bond acceptors (Lipinski definition) is 4. The Morgan fingerprint density at radius 3 is 2.89 bits per heavy atom. The van der Waals surface area contributed by atoms with Gasteiger partial charge in [-0.2, -0.15) is 4.99 Å². The van der Waals surface area contributed by atoms with Crippen molar-refractivity contribution in [1.82, 2.24) is 9.47 Å². The Hall–Kier alpha value is -1.53. The van der Waals surface area contributed by atoms with E-state index in [2.05, 4.69) is 9.89 Å². The van der Waals surface area contributed by atoms with Crippen LogP contribution in [0.15, 0.2) is 28.2 Å². The topological polar surface area (TPSA) is 46.8 Å². The fourth-order valence-electron chi connectivity index (χ4n) is 2.05. The average Bonchev–Trinajstić information content (AvgIpc) is 2.99. The smallest absolute Gasteiger partial charge is 0.286 e. The first-order valence-electron chi connectivity index (χ1n) is 6.20. The highest BCUT2D eigenvalue weighted by Crippen LogP contribution is 2.30. The van der Waals surface area contributed by atoms with Crippen molar-refractivity contribution < 1.29 is 9.53 Å². The third-order valence-electron chi connectivity index (χ3n) is 3.15. The van der Waals surface area contributed by atoms with Gasteiger partial charge < -0.3 is 14.2 Å². The second kappa shape index (κ2) is 5.22. The normalized spacial score (nSPS) is 22.2. The van der Waals surface area contributed by atoms with Gasteiger partial charge in [0.05, 0.1) is 18.1 Å². The quantitative estimate of drug-likeness (QED) is 0.727. The summed E-state index contributed by atoms with van der Waals surface area (Å²) in [7, 11) is 1.96. The third kappa shape index (κ3) is 2.59. The number of carbonyl (C=O) groups excluding carboxylic acids is 1. The number of ether oxygens (including phenoxy) is 1. The van der Waals surface area contributed by atoms with Crippen LogP contribution in [0, 0.1) is 0 Å². The summed E-state index contributed by atoms with van der Waals surface area (Å²) in [5, 5.41) is 0.800. The van der Waals surface area contributed by atoms with Crippen LogP contribution in [-0.2, 0) is 16.6 Å². The van der Waals surface area contributed by atoms with Gasteiger partial charge >= 0.3 is 0 Å². The van der Waals surface area contributed by atoms with E-state index < -0.39 is 0 Å². The number of amidine groups is 1. The van der Waals surface area contributed by atoms with Crippen molar-refractivity contribution >= 4 is 28.9 Å². The molecular weight excluding hydrogens is 262 g/mol. The van der Waals surface area contributed by atoms with Crippen LogP contribution in [0.4, 0.5) is 0 Å². The Kier molecular flexibility index (Phi) is 3.44. The first kappa shape index (κ1) is 12.5. The molecule has 3 heterocycles. The number of rotatable bonds is 1. The number of nitrogens with zero attached hydrogens (tertiary/aromatic N) is 3. The zero-order chi connectivity index (χ0) is 13.2. The Morgan fingerprint density at radius 2 is 2.21 bits per heavy atom. The number of hydrogen-bond donors (Lipinski definition) is 0. The van der Waals surface area contributed by atoms with Gasteiger partial charge in [0.1, 0.15) is 0 Å². The molecule has 1 saturated heterocycles. The molecule has 2 aliphatic rings. The van der Waals surface area contributed by atoms with Crippen molar-refractivity contribution in [1.29, 1.82) is 0 Å². The van der Waals surface area contributed by atoms with E-state index in [0.717, 1.165) is 24.0 Å². The molecule has 0 unspecified atom stereocenters. The molecule has 1 aromatic rings. The molecule has 0 N–H and O–H groups in total. The van der Waals surface area contributed by atoms with Crippen molar-refractivity contribution in [3.8, 4) is 0 Å². The van der Waals surface area contributed by atoms with Crippen molar-refractivity contribution in [2.24, 2.45) is 12.0 Å². The van der Waals surface area contributed by atoms with Gasteiger partial charge in [0.15, 0.2) is 5.17 Å². The maximum absolute atomic E-state index is 11.9. The summed E-state index contributed by atoms with van der Waals surface area (Å²) in [5.41, 5.74) is 1.01. The number of amides is 1. The summed E-state index contributed by atoms with van der Waals surface area (Å²) in [6.45, 7) is 3.00. The second-order valence-electron chi connectivity index (χ2n) is 4.45. The molecule has 0 bridgehead atoms. The number of thioether (sulfide) groups is 1. The van der Waals surface area contributed by atoms with Crippen molar-refractivity contribution in [3.63, 3.8) is 0 Å². The number of aliphatic imine (C=N–C) groups is 1. The first-order chi connectivity index (χ1) is 9.24. The molecule has 1 aromatic heterocycles. The minimum Gasteiger partial charge on any atom is -0.378 e. The summed E-state index contributed by atoms with van der Waals surface area (Å²) < 4.78 is 7.28. The Balaban J connectivity index is 1.76. The van der Waals surface area contributed by atoms with Gasteiger partial charge in [0.25, 0.3) is 5.91 Å². The molecule has 0 saturated carbocycles. The summed E-state index contributed by atoms with van der Waals surface area (Å²) in [5.74, 6) is -0.146. The zero-order valence-electron chi connectivity index (χ0n) is 10.7. The van der Waals surface area contributed by atoms with Crippen LogP contribution in [0.25, 0.3) is 6.08 Å². The van der Waals surface area contributed by atoms with Gasteiger partial charge in [0, 0.05) is 32.0 Å². The van der Waals surface area contributed by atoms with E-state index in [9.17, 15) is 4.79 Å². The molecule has 0 spiro atoms. The summed E-state index contributed by atoms with van der Waals surface area (Å²) in [6.07, 6.45) is 3.85. The van der Waals surface area contributed by atoms with E-state index in [4.69, 9.17) is 4.74 Å². The third-order valence-corrected chi connectivity index (χ3v) is 4.20. The van der Waals surface area contributed by atoms with Crippen LogP contribution in [0.1, 0.15) is 5.69 Å². The molecule has 6 heteroatoms. The number of carbonyl (C=O) groups is 1. The minimum atomic E-state index is -0.146. The van der Waals surface area contributed by atoms with E-state index in [0.29, 0.717) is 18.1 Å². The molecule has 0 atom stereocenters. The Morgan fingerprint density at radius 1 is 1.42 bits per heavy atom. The zero-order valence-corrected chi connectivity index (χ0v) is 11.5. The molecule has 0 aromatic carbocycles. The van der Waals surface area contributed by atoms with Gasteiger partial charge in [-0.05, 0) is 30.0 Å². The van der Waals surface area contributed by atoms with E-state index >= 15 is 0 Å². The van der Waals surface area contributed by atoms with Gasteiger partial charge in [-0.3, -0.25) is 4.79 Å². The van der Waals surface area contributed by atoms with E-state index in [1.165, 1.54) is 11.8 Å². The molecule has 1 fully saturated rings.